The first kappa shape index (κ1) is 43.8. The Balaban J connectivity index is 1.32. The highest BCUT2D eigenvalue weighted by molar-refractivity contribution is 6.33. The van der Waals surface area contributed by atoms with Crippen LogP contribution in [0, 0.1) is 23.7 Å². The number of alkyl halides is 6. The molecule has 0 radical (unpaired) electrons. The number of carbonyl (C=O) groups is 4. The number of aromatic hydroxyl groups is 1. The van der Waals surface area contributed by atoms with Gasteiger partial charge in [0.05, 0.1) is 53.0 Å². The Hall–Kier alpha value is -5.79. The predicted octanol–water partition coefficient (Wildman–Crippen LogP) is 8.23. The second-order valence-corrected chi connectivity index (χ2v) is 16.4. The molecule has 2 aliphatic carbocycles. The van der Waals surface area contributed by atoms with Crippen LogP contribution in [0.3, 0.4) is 0 Å². The second-order valence-electron chi connectivity index (χ2n) is 15.2. The number of hydrogen-bond donors (Lipinski definition) is 2. The summed E-state index contributed by atoms with van der Waals surface area (Å²) in [5.41, 5.74) is -1.32. The molecule has 0 bridgehead atoms. The van der Waals surface area contributed by atoms with E-state index in [0.717, 1.165) is 18.1 Å². The van der Waals surface area contributed by atoms with E-state index in [1.54, 1.807) is 6.08 Å². The van der Waals surface area contributed by atoms with Gasteiger partial charge in [-0.1, -0.05) is 58.6 Å². The highest BCUT2D eigenvalue weighted by atomic mass is 35.5. The lowest BCUT2D eigenvalue weighted by Crippen LogP contribution is -2.53. The van der Waals surface area contributed by atoms with Gasteiger partial charge in [0.2, 0.25) is 0 Å². The van der Waals surface area contributed by atoms with E-state index in [4.69, 9.17) is 44.3 Å². The normalized spacial score (nSPS) is 24.5. The van der Waals surface area contributed by atoms with Crippen LogP contribution in [-0.4, -0.2) is 70.0 Å². The van der Waals surface area contributed by atoms with Crippen LogP contribution in [0.15, 0.2) is 72.4 Å². The number of pyridine rings is 2. The average Bonchev–Trinajstić information content (AvgIpc) is 3.61. The molecule has 2 aromatic carbocycles. The largest absolute Gasteiger partial charge is 0.508 e. The van der Waals surface area contributed by atoms with Crippen molar-refractivity contribution in [3.8, 4) is 17.2 Å². The number of benzene rings is 2. The molecule has 0 spiro atoms. The molecular weight excluding hydrogens is 909 g/mol. The molecule has 2 N–H and O–H groups in total. The molecule has 1 saturated carbocycles. The molecule has 2 saturated heterocycles. The van der Waals surface area contributed by atoms with E-state index in [9.17, 15) is 41.0 Å². The SMILES string of the molecule is COc1cc(O)cc(OC)c1C1C2=CCC3C(=O)N(N(C)c4nc(C(F)(F)F)ccc4Cl)C(=O)C3C2CC2C(=O)N(Nc3ncc(C(F)(F)F)cc3Cl)C(=O)C21c1ccc(Cl)cc1. The van der Waals surface area contributed by atoms with Gasteiger partial charge < -0.3 is 14.6 Å². The molecule has 4 amide bonds. The Morgan fingerprint density at radius 3 is 2.10 bits per heavy atom. The lowest BCUT2D eigenvalue weighted by Gasteiger charge is -2.51. The Morgan fingerprint density at radius 2 is 1.51 bits per heavy atom. The molecule has 2 aliphatic heterocycles. The van der Waals surface area contributed by atoms with Crippen LogP contribution >= 0.6 is 34.8 Å². The average molecular weight is 940 g/mol. The molecule has 6 unspecified atom stereocenters. The summed E-state index contributed by atoms with van der Waals surface area (Å²) in [7, 11) is 3.72. The molecule has 13 nitrogen and oxygen atoms in total. The van der Waals surface area contributed by atoms with Gasteiger partial charge in [-0.05, 0) is 54.7 Å². The number of anilines is 2. The second kappa shape index (κ2) is 15.5. The number of methoxy groups -OCH3 is 2. The first-order valence-corrected chi connectivity index (χ1v) is 19.9. The lowest BCUT2D eigenvalue weighted by atomic mass is 9.49. The van der Waals surface area contributed by atoms with Crippen molar-refractivity contribution in [2.24, 2.45) is 23.7 Å². The minimum Gasteiger partial charge on any atom is -0.508 e. The fourth-order valence-electron chi connectivity index (χ4n) is 9.50. The molecule has 8 rings (SSSR count). The van der Waals surface area contributed by atoms with Crippen LogP contribution < -0.4 is 19.9 Å². The summed E-state index contributed by atoms with van der Waals surface area (Å²) in [5.74, 6) is -11.2. The lowest BCUT2D eigenvalue weighted by molar-refractivity contribution is -0.142. The number of phenolic OH excluding ortho intramolecular Hbond substituents is 1. The van der Waals surface area contributed by atoms with E-state index in [0.29, 0.717) is 33.9 Å². The van der Waals surface area contributed by atoms with Crippen LogP contribution in [0.1, 0.15) is 41.1 Å². The monoisotopic (exact) mass is 938 g/mol. The third kappa shape index (κ3) is 6.86. The van der Waals surface area contributed by atoms with Crippen LogP contribution in [0.5, 0.6) is 17.2 Å². The molecule has 22 heteroatoms. The summed E-state index contributed by atoms with van der Waals surface area (Å²) in [5, 5.41) is 12.2. The molecule has 63 heavy (non-hydrogen) atoms. The number of ether oxygens (including phenoxy) is 2. The van der Waals surface area contributed by atoms with Gasteiger partial charge in [-0.2, -0.15) is 36.4 Å². The number of fused-ring (bicyclic) bond motifs is 4. The number of aromatic nitrogens is 2. The zero-order valence-corrected chi connectivity index (χ0v) is 35.0. The van der Waals surface area contributed by atoms with E-state index < -0.39 is 98.9 Å². The maximum atomic E-state index is 15.6. The number of carbonyl (C=O) groups excluding carboxylic acids is 4. The number of nitrogens with zero attached hydrogens (tertiary/aromatic N) is 5. The standard InChI is InChI=1S/C41H31Cl3F6N6O7/c1-54(34-25(43)10-11-29(52-34)41(48,49)50)56-35(58)22-9-8-21-23(30(22)37(56)60)15-24-36(59)55(53-33-26(44)12-18(16-51-33)40(45,46)47)38(61)39(24,17-4-6-19(42)7-5-17)32(21)31-27(62-2)13-20(57)14-28(31)63-3/h4-8,10-14,16,22-24,30,32,57H,9,15H2,1-3H3,(H,51,53). The first-order chi connectivity index (χ1) is 29.6. The zero-order chi connectivity index (χ0) is 45.7. The number of rotatable bonds is 8. The number of hydrogen-bond acceptors (Lipinski definition) is 11. The quantitative estimate of drug-likeness (QED) is 0.0998. The summed E-state index contributed by atoms with van der Waals surface area (Å²) in [6, 6.07) is 10.6. The number of imide groups is 2. The number of phenols is 1. The Labute approximate surface area is 368 Å². The molecule has 4 heterocycles. The Kier molecular flexibility index (Phi) is 10.8. The van der Waals surface area contributed by atoms with Gasteiger partial charge in [0.1, 0.15) is 22.9 Å². The molecule has 6 atom stereocenters. The van der Waals surface area contributed by atoms with Crippen molar-refractivity contribution < 1.29 is 60.1 Å². The van der Waals surface area contributed by atoms with Gasteiger partial charge in [0.25, 0.3) is 23.6 Å². The van der Waals surface area contributed by atoms with Crippen LogP contribution in [0.4, 0.5) is 38.0 Å². The topological polar surface area (TPSA) is 154 Å². The number of allylic oxidation sites excluding steroid dienone is 2. The highest BCUT2D eigenvalue weighted by Crippen LogP contribution is 2.66. The predicted molar refractivity (Wildman–Crippen MR) is 213 cm³/mol. The van der Waals surface area contributed by atoms with E-state index >= 15 is 9.59 Å². The maximum absolute atomic E-state index is 15.6. The summed E-state index contributed by atoms with van der Waals surface area (Å²) >= 11 is 18.9. The Morgan fingerprint density at radius 1 is 0.857 bits per heavy atom. The fourth-order valence-corrected chi connectivity index (χ4v) is 10.1. The minimum atomic E-state index is -4.90. The van der Waals surface area contributed by atoms with Crippen molar-refractivity contribution in [2.75, 3.05) is 31.7 Å². The smallest absolute Gasteiger partial charge is 0.433 e. The van der Waals surface area contributed by atoms with Crippen LogP contribution in [0.25, 0.3) is 0 Å². The number of halogens is 9. The van der Waals surface area contributed by atoms with Crippen molar-refractivity contribution >= 4 is 70.1 Å². The van der Waals surface area contributed by atoms with Crippen LogP contribution in [-0.2, 0) is 36.9 Å². The van der Waals surface area contributed by atoms with Crippen molar-refractivity contribution in [2.45, 2.75) is 36.5 Å². The molecule has 4 aromatic rings. The van der Waals surface area contributed by atoms with Crippen molar-refractivity contribution in [1.29, 1.82) is 0 Å². The summed E-state index contributed by atoms with van der Waals surface area (Å²) in [4.78, 5) is 67.1. The molecule has 3 fully saturated rings. The van der Waals surface area contributed by atoms with Gasteiger partial charge >= 0.3 is 12.4 Å². The van der Waals surface area contributed by atoms with Crippen LogP contribution in [0.2, 0.25) is 15.1 Å². The van der Waals surface area contributed by atoms with Gasteiger partial charge in [0.15, 0.2) is 11.6 Å². The third-order valence-corrected chi connectivity index (χ3v) is 12.9. The van der Waals surface area contributed by atoms with Gasteiger partial charge in [0, 0.05) is 41.9 Å². The van der Waals surface area contributed by atoms with Gasteiger partial charge in [-0.15, -0.1) is 0 Å². The van der Waals surface area contributed by atoms with Crippen molar-refractivity contribution in [3.63, 3.8) is 0 Å². The fraction of sp³-hybridized carbons (Fsp3) is 0.317. The maximum Gasteiger partial charge on any atom is 0.433 e. The highest BCUT2D eigenvalue weighted by Gasteiger charge is 2.71. The molecular formula is C41H31Cl3F6N6O7. The molecule has 2 aromatic heterocycles. The van der Waals surface area contributed by atoms with E-state index in [1.165, 1.54) is 50.6 Å². The van der Waals surface area contributed by atoms with E-state index in [2.05, 4.69) is 15.4 Å². The zero-order valence-electron chi connectivity index (χ0n) is 32.7. The number of nitrogens with one attached hydrogen (secondary N) is 1. The summed E-state index contributed by atoms with van der Waals surface area (Å²) in [6.45, 7) is 0. The van der Waals surface area contributed by atoms with Gasteiger partial charge in [-0.25, -0.2) is 9.97 Å². The van der Waals surface area contributed by atoms with Crippen molar-refractivity contribution in [1.82, 2.24) is 20.0 Å². The minimum absolute atomic E-state index is 0.0211. The van der Waals surface area contributed by atoms with E-state index in [1.807, 2.05) is 0 Å². The molecule has 4 aliphatic rings. The number of amides is 4. The molecule has 330 valence electrons. The summed E-state index contributed by atoms with van der Waals surface area (Å²) < 4.78 is 93.6. The first-order valence-electron chi connectivity index (χ1n) is 18.8. The van der Waals surface area contributed by atoms with Crippen molar-refractivity contribution in [3.05, 3.63) is 110 Å². The number of hydrazine groups is 2. The third-order valence-electron chi connectivity index (χ3n) is 12.1. The Bertz CT molecular complexity index is 2610. The summed E-state index contributed by atoms with van der Waals surface area (Å²) in [6.07, 6.45) is -8.06. The van der Waals surface area contributed by atoms with Gasteiger partial charge in [-0.3, -0.25) is 29.6 Å². The van der Waals surface area contributed by atoms with E-state index in [-0.39, 0.29) is 51.3 Å².